The second kappa shape index (κ2) is 6.80. The van der Waals surface area contributed by atoms with E-state index in [1.165, 1.54) is 19.5 Å². The van der Waals surface area contributed by atoms with Crippen molar-refractivity contribution in [3.8, 4) is 11.8 Å². The van der Waals surface area contributed by atoms with Crippen molar-refractivity contribution in [3.05, 3.63) is 36.0 Å². The Morgan fingerprint density at radius 3 is 2.73 bits per heavy atom. The molecule has 3 heterocycles. The Hall–Kier alpha value is -2.87. The molecule has 3 N–H and O–H groups in total. The standard InChI is InChI=1S/C18H20N4O4/c1-10(23)20-16-9-19-18(26-16)25-13-5-2-11(3-6-13)17(24)22-15-8-12-4-7-14(15)21-12/h2-3,5-6,9,12,14-15,21H,4,7-8H2,1H3,(H,20,23)(H,22,24). The van der Waals surface area contributed by atoms with Gasteiger partial charge in [0.05, 0.1) is 6.20 Å². The van der Waals surface area contributed by atoms with Crippen LogP contribution in [0.25, 0.3) is 0 Å². The van der Waals surface area contributed by atoms with E-state index in [4.69, 9.17) is 9.15 Å². The summed E-state index contributed by atoms with van der Waals surface area (Å²) in [7, 11) is 0. The van der Waals surface area contributed by atoms with Crippen LogP contribution >= 0.6 is 0 Å². The fraction of sp³-hybridized carbons (Fsp3) is 0.389. The van der Waals surface area contributed by atoms with Gasteiger partial charge in [-0.05, 0) is 43.5 Å². The van der Waals surface area contributed by atoms with Crippen LogP contribution in [0.4, 0.5) is 5.88 Å². The lowest BCUT2D eigenvalue weighted by molar-refractivity contribution is -0.114. The van der Waals surface area contributed by atoms with Crippen LogP contribution in [-0.2, 0) is 4.79 Å². The van der Waals surface area contributed by atoms with Gasteiger partial charge in [-0.1, -0.05) is 0 Å². The highest BCUT2D eigenvalue weighted by molar-refractivity contribution is 5.94. The highest BCUT2D eigenvalue weighted by Crippen LogP contribution is 2.28. The van der Waals surface area contributed by atoms with Gasteiger partial charge >= 0.3 is 6.08 Å². The van der Waals surface area contributed by atoms with Crippen LogP contribution in [-0.4, -0.2) is 34.9 Å². The van der Waals surface area contributed by atoms with Gasteiger partial charge in [0.25, 0.3) is 5.91 Å². The van der Waals surface area contributed by atoms with Crippen molar-refractivity contribution in [1.29, 1.82) is 0 Å². The van der Waals surface area contributed by atoms with E-state index in [9.17, 15) is 9.59 Å². The summed E-state index contributed by atoms with van der Waals surface area (Å²) in [6.07, 6.45) is 4.70. The Labute approximate surface area is 150 Å². The average Bonchev–Trinajstić information content (AvgIpc) is 3.32. The predicted molar refractivity (Wildman–Crippen MR) is 93.1 cm³/mol. The van der Waals surface area contributed by atoms with Gasteiger partial charge in [-0.25, -0.2) is 0 Å². The Morgan fingerprint density at radius 1 is 1.27 bits per heavy atom. The molecule has 8 nitrogen and oxygen atoms in total. The number of ether oxygens (including phenoxy) is 1. The number of oxazole rings is 1. The quantitative estimate of drug-likeness (QED) is 0.757. The maximum atomic E-state index is 12.4. The van der Waals surface area contributed by atoms with Crippen LogP contribution in [0.1, 0.15) is 36.5 Å². The molecule has 3 unspecified atom stereocenters. The highest BCUT2D eigenvalue weighted by Gasteiger charge is 2.39. The van der Waals surface area contributed by atoms with Gasteiger partial charge in [0.2, 0.25) is 11.8 Å². The van der Waals surface area contributed by atoms with E-state index in [0.29, 0.717) is 23.4 Å². The summed E-state index contributed by atoms with van der Waals surface area (Å²) in [4.78, 5) is 27.3. The second-order valence-electron chi connectivity index (χ2n) is 6.66. The van der Waals surface area contributed by atoms with E-state index in [2.05, 4.69) is 20.9 Å². The zero-order chi connectivity index (χ0) is 18.1. The highest BCUT2D eigenvalue weighted by atomic mass is 16.6. The van der Waals surface area contributed by atoms with E-state index in [1.807, 2.05) is 0 Å². The zero-order valence-electron chi connectivity index (χ0n) is 14.3. The van der Waals surface area contributed by atoms with Gasteiger partial charge in [-0.3, -0.25) is 14.9 Å². The molecule has 2 aliphatic heterocycles. The molecule has 0 spiro atoms. The third-order valence-corrected chi connectivity index (χ3v) is 4.72. The first-order valence-electron chi connectivity index (χ1n) is 8.65. The molecule has 0 saturated carbocycles. The van der Waals surface area contributed by atoms with Crippen LogP contribution in [0.2, 0.25) is 0 Å². The molecule has 0 aliphatic carbocycles. The predicted octanol–water partition coefficient (Wildman–Crippen LogP) is 2.05. The summed E-state index contributed by atoms with van der Waals surface area (Å²) in [5, 5.41) is 9.09. The normalized spacial score (nSPS) is 23.7. The molecular formula is C18H20N4O4. The minimum Gasteiger partial charge on any atom is -0.411 e. The molecular weight excluding hydrogens is 336 g/mol. The number of hydrogen-bond donors (Lipinski definition) is 3. The summed E-state index contributed by atoms with van der Waals surface area (Å²) in [5.74, 6) is 0.357. The van der Waals surface area contributed by atoms with Crippen LogP contribution < -0.4 is 20.7 Å². The van der Waals surface area contributed by atoms with Crippen LogP contribution in [0, 0.1) is 0 Å². The van der Waals surface area contributed by atoms with E-state index in [1.54, 1.807) is 24.3 Å². The summed E-state index contributed by atoms with van der Waals surface area (Å²) in [5.41, 5.74) is 0.575. The van der Waals surface area contributed by atoms with Crippen molar-refractivity contribution < 1.29 is 18.7 Å². The number of aromatic nitrogens is 1. The number of rotatable bonds is 5. The third-order valence-electron chi connectivity index (χ3n) is 4.72. The molecule has 2 amide bonds. The molecule has 2 aromatic rings. The van der Waals surface area contributed by atoms with Gasteiger partial charge in [0.1, 0.15) is 5.75 Å². The topological polar surface area (TPSA) is 105 Å². The Bertz CT molecular complexity index is 817. The Balaban J connectivity index is 1.35. The molecule has 3 atom stereocenters. The molecule has 2 aliphatic rings. The van der Waals surface area contributed by atoms with Crippen molar-refractivity contribution in [2.45, 2.75) is 44.3 Å². The van der Waals surface area contributed by atoms with Gasteiger partial charge < -0.3 is 19.8 Å². The molecule has 136 valence electrons. The minimum atomic E-state index is -0.256. The molecule has 0 radical (unpaired) electrons. The van der Waals surface area contributed by atoms with E-state index >= 15 is 0 Å². The number of fused-ring (bicyclic) bond motifs is 2. The molecule has 26 heavy (non-hydrogen) atoms. The van der Waals surface area contributed by atoms with Gasteiger partial charge in [0.15, 0.2) is 0 Å². The first-order valence-corrected chi connectivity index (χ1v) is 8.65. The number of benzene rings is 1. The first-order chi connectivity index (χ1) is 12.6. The number of nitrogens with one attached hydrogen (secondary N) is 3. The average molecular weight is 356 g/mol. The fourth-order valence-electron chi connectivity index (χ4n) is 3.55. The van der Waals surface area contributed by atoms with E-state index < -0.39 is 0 Å². The maximum Gasteiger partial charge on any atom is 0.401 e. The summed E-state index contributed by atoms with van der Waals surface area (Å²) in [6, 6.07) is 7.90. The smallest absolute Gasteiger partial charge is 0.401 e. The zero-order valence-corrected chi connectivity index (χ0v) is 14.3. The summed E-state index contributed by atoms with van der Waals surface area (Å²) in [6.45, 7) is 1.37. The SMILES string of the molecule is CC(=O)Nc1cnc(Oc2ccc(C(=O)NC3CC4CCC3N4)cc2)o1. The Kier molecular flexibility index (Phi) is 4.34. The van der Waals surface area contributed by atoms with Crippen LogP contribution in [0.15, 0.2) is 34.9 Å². The summed E-state index contributed by atoms with van der Waals surface area (Å²) >= 11 is 0. The largest absolute Gasteiger partial charge is 0.411 e. The van der Waals surface area contributed by atoms with Crippen molar-refractivity contribution in [1.82, 2.24) is 15.6 Å². The molecule has 2 fully saturated rings. The lowest BCUT2D eigenvalue weighted by Crippen LogP contribution is -2.42. The maximum absolute atomic E-state index is 12.4. The molecule has 1 aromatic heterocycles. The number of carbonyl (C=O) groups is 2. The van der Waals surface area contributed by atoms with Crippen molar-refractivity contribution in [2.24, 2.45) is 0 Å². The number of carbonyl (C=O) groups excluding carboxylic acids is 2. The molecule has 8 heteroatoms. The molecule has 2 bridgehead atoms. The summed E-state index contributed by atoms with van der Waals surface area (Å²) < 4.78 is 10.7. The molecule has 2 saturated heterocycles. The Morgan fingerprint density at radius 2 is 2.08 bits per heavy atom. The second-order valence-corrected chi connectivity index (χ2v) is 6.66. The van der Waals surface area contributed by atoms with Crippen molar-refractivity contribution in [2.75, 3.05) is 5.32 Å². The van der Waals surface area contributed by atoms with Gasteiger partial charge in [-0.15, -0.1) is 0 Å². The minimum absolute atomic E-state index is 0.0130. The van der Waals surface area contributed by atoms with E-state index in [0.717, 1.165) is 12.8 Å². The number of nitrogens with zero attached hydrogens (tertiary/aromatic N) is 1. The number of amides is 2. The number of anilines is 1. The van der Waals surface area contributed by atoms with Crippen molar-refractivity contribution in [3.63, 3.8) is 0 Å². The molecule has 1 aromatic carbocycles. The van der Waals surface area contributed by atoms with Gasteiger partial charge in [0, 0.05) is 30.6 Å². The lowest BCUT2D eigenvalue weighted by Gasteiger charge is -2.21. The first kappa shape index (κ1) is 16.6. The van der Waals surface area contributed by atoms with Gasteiger partial charge in [-0.2, -0.15) is 4.98 Å². The number of hydrogen-bond acceptors (Lipinski definition) is 6. The van der Waals surface area contributed by atoms with E-state index in [-0.39, 0.29) is 29.8 Å². The third kappa shape index (κ3) is 3.55. The van der Waals surface area contributed by atoms with Crippen LogP contribution in [0.3, 0.4) is 0 Å². The lowest BCUT2D eigenvalue weighted by atomic mass is 9.95. The molecule has 4 rings (SSSR count). The monoisotopic (exact) mass is 356 g/mol. The van der Waals surface area contributed by atoms with Crippen molar-refractivity contribution >= 4 is 17.7 Å². The van der Waals surface area contributed by atoms with Crippen LogP contribution in [0.5, 0.6) is 11.8 Å². The fourth-order valence-corrected chi connectivity index (χ4v) is 3.55.